The molecule has 2 fully saturated rings. The molecule has 0 unspecified atom stereocenters. The first-order valence-corrected chi connectivity index (χ1v) is 14.9. The van der Waals surface area contributed by atoms with Gasteiger partial charge in [0.2, 0.25) is 11.8 Å². The molecule has 0 saturated carbocycles. The van der Waals surface area contributed by atoms with E-state index in [1.54, 1.807) is 9.80 Å². The van der Waals surface area contributed by atoms with E-state index >= 15 is 0 Å². The van der Waals surface area contributed by atoms with Gasteiger partial charge in [-0.25, -0.2) is 28.3 Å². The van der Waals surface area contributed by atoms with Crippen LogP contribution >= 0.6 is 15.9 Å². The van der Waals surface area contributed by atoms with Crippen LogP contribution in [0.4, 0.5) is 18.4 Å². The highest BCUT2D eigenvalue weighted by atomic mass is 79.9. The van der Waals surface area contributed by atoms with E-state index in [1.807, 2.05) is 41.5 Å². The fraction of sp³-hybridized carbons (Fsp3) is 0.600. The zero-order chi connectivity index (χ0) is 32.4. The highest BCUT2D eigenvalue weighted by molar-refractivity contribution is 9.10. The minimum atomic E-state index is -0.561. The van der Waals surface area contributed by atoms with Crippen molar-refractivity contribution in [3.63, 3.8) is 0 Å². The maximum absolute atomic E-state index is 13.5. The second-order valence-electron chi connectivity index (χ2n) is 11.9. The summed E-state index contributed by atoms with van der Waals surface area (Å²) >= 11 is 3.08. The summed E-state index contributed by atoms with van der Waals surface area (Å²) in [5.74, 6) is -0.0900. The minimum absolute atomic E-state index is 0.167. The molecule has 13 heteroatoms. The molecule has 2 amide bonds. The van der Waals surface area contributed by atoms with Gasteiger partial charge in [0.15, 0.2) is 0 Å². The van der Waals surface area contributed by atoms with Crippen molar-refractivity contribution >= 4 is 28.1 Å². The summed E-state index contributed by atoms with van der Waals surface area (Å²) in [4.78, 5) is 34.6. The average molecular weight is 674 g/mol. The molecule has 2 aliphatic heterocycles. The number of carbonyl (C=O) groups is 2. The Morgan fingerprint density at radius 2 is 1.33 bits per heavy atom. The van der Waals surface area contributed by atoms with Crippen molar-refractivity contribution in [2.45, 2.75) is 84.5 Å². The molecule has 4 heterocycles. The van der Waals surface area contributed by atoms with E-state index in [9.17, 15) is 18.4 Å². The number of rotatable bonds is 3. The van der Waals surface area contributed by atoms with Crippen LogP contribution in [0, 0.1) is 11.6 Å². The third-order valence-electron chi connectivity index (χ3n) is 6.00. The number of hydrogen-bond donors (Lipinski definition) is 0. The Kier molecular flexibility index (Phi) is 13.4. The molecule has 4 rings (SSSR count). The zero-order valence-corrected chi connectivity index (χ0v) is 27.8. The quantitative estimate of drug-likeness (QED) is 0.334. The van der Waals surface area contributed by atoms with Gasteiger partial charge >= 0.3 is 12.2 Å². The van der Waals surface area contributed by atoms with Gasteiger partial charge in [0.05, 0.1) is 37.1 Å². The Bertz CT molecular complexity index is 1220. The summed E-state index contributed by atoms with van der Waals surface area (Å²) in [6, 6.07) is 2.41. The van der Waals surface area contributed by atoms with Gasteiger partial charge < -0.3 is 28.7 Å². The molecule has 2 aliphatic rings. The van der Waals surface area contributed by atoms with Gasteiger partial charge in [0, 0.05) is 25.2 Å². The van der Waals surface area contributed by atoms with Gasteiger partial charge in [-0.1, -0.05) is 0 Å². The smallest absolute Gasteiger partial charge is 0.410 e. The first kappa shape index (κ1) is 36.0. The maximum Gasteiger partial charge on any atom is 0.410 e. The number of carbonyl (C=O) groups excluding carboxylic acids is 2. The van der Waals surface area contributed by atoms with E-state index in [4.69, 9.17) is 18.9 Å². The van der Waals surface area contributed by atoms with Gasteiger partial charge in [0.25, 0.3) is 0 Å². The number of pyridine rings is 2. The maximum atomic E-state index is 13.5. The number of nitrogens with zero attached hydrogens (tertiary/aromatic N) is 4. The van der Waals surface area contributed by atoms with Crippen LogP contribution in [0.2, 0.25) is 0 Å². The highest BCUT2D eigenvalue weighted by Crippen LogP contribution is 2.37. The lowest BCUT2D eigenvalue weighted by Gasteiger charge is -2.29. The molecule has 43 heavy (non-hydrogen) atoms. The Balaban J connectivity index is 0.000000248. The molecule has 0 spiro atoms. The molecule has 1 atom stereocenters. The van der Waals surface area contributed by atoms with Crippen molar-refractivity contribution in [2.24, 2.45) is 0 Å². The molecular weight excluding hydrogens is 630 g/mol. The number of aromatic nitrogens is 2. The normalized spacial score (nSPS) is 16.4. The fourth-order valence-electron chi connectivity index (χ4n) is 4.26. The van der Waals surface area contributed by atoms with E-state index < -0.39 is 17.5 Å². The lowest BCUT2D eigenvalue weighted by atomic mass is 10.1. The van der Waals surface area contributed by atoms with Crippen molar-refractivity contribution in [1.29, 1.82) is 0 Å². The van der Waals surface area contributed by atoms with Crippen LogP contribution in [-0.2, 0) is 9.47 Å². The predicted molar refractivity (Wildman–Crippen MR) is 161 cm³/mol. The summed E-state index contributed by atoms with van der Waals surface area (Å²) in [6.07, 6.45) is 5.44. The predicted octanol–water partition coefficient (Wildman–Crippen LogP) is 7.31. The first-order chi connectivity index (χ1) is 20.0. The molecule has 240 valence electrons. The number of halogens is 3. The van der Waals surface area contributed by atoms with Crippen LogP contribution in [0.3, 0.4) is 0 Å². The standard InChI is InChI=1S/C15H21FN2O3.C9H17NO2.C6H5BrFNO/c1-15(2,3)21-14(19)18-7-5-6-12(18)11-8-10(16)9-17-13(11)20-4;1-9(2,3)12-8(11)10-6-4-5-7-10;1-10-6-5(7)2-4(8)3-9-6/h8-9,12H,5-7H2,1-4H3;4-7H2,1-3H3;2-3H,1H3/t12-;;/m1../s1. The summed E-state index contributed by atoms with van der Waals surface area (Å²) in [6.45, 7) is 13.4. The molecule has 0 radical (unpaired) electrons. The number of amides is 2. The summed E-state index contributed by atoms with van der Waals surface area (Å²) < 4.78 is 46.9. The molecule has 2 aromatic rings. The van der Waals surface area contributed by atoms with Gasteiger partial charge in [-0.3, -0.25) is 0 Å². The van der Waals surface area contributed by atoms with Gasteiger partial charge in [-0.2, -0.15) is 0 Å². The average Bonchev–Trinajstić information content (AvgIpc) is 3.61. The Morgan fingerprint density at radius 1 is 0.814 bits per heavy atom. The van der Waals surface area contributed by atoms with E-state index in [0.29, 0.717) is 28.3 Å². The Labute approximate surface area is 261 Å². The number of likely N-dealkylation sites (tertiary alicyclic amines) is 2. The minimum Gasteiger partial charge on any atom is -0.481 e. The summed E-state index contributed by atoms with van der Waals surface area (Å²) in [5.41, 5.74) is -0.338. The van der Waals surface area contributed by atoms with Crippen molar-refractivity contribution in [1.82, 2.24) is 19.8 Å². The largest absolute Gasteiger partial charge is 0.481 e. The third kappa shape index (κ3) is 12.1. The van der Waals surface area contributed by atoms with Gasteiger partial charge in [0.1, 0.15) is 22.8 Å². The first-order valence-electron chi connectivity index (χ1n) is 14.1. The molecule has 0 aromatic carbocycles. The van der Waals surface area contributed by atoms with Crippen molar-refractivity contribution in [2.75, 3.05) is 33.9 Å². The monoisotopic (exact) mass is 672 g/mol. The molecule has 2 aromatic heterocycles. The van der Waals surface area contributed by atoms with E-state index in [-0.39, 0.29) is 23.6 Å². The van der Waals surface area contributed by atoms with Crippen LogP contribution < -0.4 is 9.47 Å². The number of hydrogen-bond acceptors (Lipinski definition) is 8. The molecular formula is C30H43BrF2N4O6. The molecule has 10 nitrogen and oxygen atoms in total. The topological polar surface area (TPSA) is 103 Å². The Hall–Kier alpha value is -3.22. The van der Waals surface area contributed by atoms with Crippen molar-refractivity contribution in [3.8, 4) is 11.8 Å². The summed E-state index contributed by atoms with van der Waals surface area (Å²) in [7, 11) is 2.96. The lowest BCUT2D eigenvalue weighted by molar-refractivity contribution is 0.0221. The molecule has 0 N–H and O–H groups in total. The van der Waals surface area contributed by atoms with Crippen molar-refractivity contribution in [3.05, 3.63) is 46.2 Å². The second kappa shape index (κ2) is 16.0. The molecule has 0 bridgehead atoms. The number of ether oxygens (including phenoxy) is 4. The third-order valence-corrected chi connectivity index (χ3v) is 6.57. The van der Waals surface area contributed by atoms with Crippen LogP contribution in [0.5, 0.6) is 11.8 Å². The van der Waals surface area contributed by atoms with Crippen LogP contribution in [0.25, 0.3) is 0 Å². The molecule has 2 saturated heterocycles. The number of methoxy groups -OCH3 is 2. The molecule has 0 aliphatic carbocycles. The fourth-order valence-corrected chi connectivity index (χ4v) is 4.74. The highest BCUT2D eigenvalue weighted by Gasteiger charge is 2.35. The SMILES string of the molecule is CC(C)(C)OC(=O)N1CCCC1.COc1ncc(F)cc1Br.COc1ncc(F)cc1[C@H]1CCCN1C(=O)OC(C)(C)C. The second-order valence-corrected chi connectivity index (χ2v) is 12.8. The van der Waals surface area contributed by atoms with E-state index in [0.717, 1.165) is 51.2 Å². The Morgan fingerprint density at radius 3 is 1.84 bits per heavy atom. The van der Waals surface area contributed by atoms with E-state index in [1.165, 1.54) is 26.4 Å². The zero-order valence-electron chi connectivity index (χ0n) is 26.2. The van der Waals surface area contributed by atoms with Crippen LogP contribution in [-0.4, -0.2) is 77.0 Å². The lowest BCUT2D eigenvalue weighted by Crippen LogP contribution is -2.36. The van der Waals surface area contributed by atoms with Gasteiger partial charge in [-0.15, -0.1) is 0 Å². The van der Waals surface area contributed by atoms with E-state index in [2.05, 4.69) is 25.9 Å². The van der Waals surface area contributed by atoms with Crippen LogP contribution in [0.15, 0.2) is 29.0 Å². The van der Waals surface area contributed by atoms with Crippen LogP contribution in [0.1, 0.15) is 78.8 Å². The van der Waals surface area contributed by atoms with Gasteiger partial charge in [-0.05, 0) is 95.3 Å². The van der Waals surface area contributed by atoms with Crippen molar-refractivity contribution < 1.29 is 37.3 Å². The summed E-state index contributed by atoms with van der Waals surface area (Å²) in [5, 5.41) is 0.